The maximum absolute atomic E-state index is 10.6. The van der Waals surface area contributed by atoms with Gasteiger partial charge in [0.05, 0.1) is 12.6 Å². The molecule has 66 valence electrons. The molecule has 1 heterocycles. The highest BCUT2D eigenvalue weighted by molar-refractivity contribution is 5.58. The zero-order valence-electron chi connectivity index (χ0n) is 6.90. The SMILES string of the molecule is O=C=NCC(C=O)N1CCCC1. The van der Waals surface area contributed by atoms with Crippen LogP contribution >= 0.6 is 0 Å². The van der Waals surface area contributed by atoms with Crippen LogP contribution in [0.3, 0.4) is 0 Å². The Morgan fingerprint density at radius 2 is 2.17 bits per heavy atom. The van der Waals surface area contributed by atoms with Crippen LogP contribution in [0.25, 0.3) is 0 Å². The van der Waals surface area contributed by atoms with Gasteiger partial charge in [0.25, 0.3) is 0 Å². The van der Waals surface area contributed by atoms with Crippen molar-refractivity contribution in [2.45, 2.75) is 18.9 Å². The molecule has 0 aromatic heterocycles. The van der Waals surface area contributed by atoms with E-state index in [2.05, 4.69) is 4.99 Å². The van der Waals surface area contributed by atoms with Gasteiger partial charge in [-0.2, -0.15) is 0 Å². The Bertz CT molecular complexity index is 193. The molecule has 0 saturated carbocycles. The van der Waals surface area contributed by atoms with Gasteiger partial charge in [-0.05, 0) is 25.9 Å². The van der Waals surface area contributed by atoms with Gasteiger partial charge in [0, 0.05) is 0 Å². The van der Waals surface area contributed by atoms with Crippen molar-refractivity contribution >= 4 is 12.4 Å². The van der Waals surface area contributed by atoms with E-state index in [1.165, 1.54) is 6.08 Å². The molecule has 0 spiro atoms. The summed E-state index contributed by atoms with van der Waals surface area (Å²) in [6.45, 7) is 2.14. The molecule has 12 heavy (non-hydrogen) atoms. The second-order valence-electron chi connectivity index (χ2n) is 2.88. The first kappa shape index (κ1) is 9.10. The highest BCUT2D eigenvalue weighted by Gasteiger charge is 2.20. The second kappa shape index (κ2) is 4.80. The predicted molar refractivity (Wildman–Crippen MR) is 43.6 cm³/mol. The van der Waals surface area contributed by atoms with E-state index in [1.807, 2.05) is 4.90 Å². The first-order valence-electron chi connectivity index (χ1n) is 4.11. The highest BCUT2D eigenvalue weighted by Crippen LogP contribution is 2.10. The van der Waals surface area contributed by atoms with Crippen LogP contribution in [0.4, 0.5) is 0 Å². The average molecular weight is 168 g/mol. The van der Waals surface area contributed by atoms with Crippen LogP contribution in [0.1, 0.15) is 12.8 Å². The lowest BCUT2D eigenvalue weighted by molar-refractivity contribution is -0.111. The van der Waals surface area contributed by atoms with E-state index in [9.17, 15) is 9.59 Å². The maximum Gasteiger partial charge on any atom is 0.235 e. The van der Waals surface area contributed by atoms with Crippen LogP contribution < -0.4 is 0 Å². The van der Waals surface area contributed by atoms with E-state index >= 15 is 0 Å². The molecule has 0 radical (unpaired) electrons. The Hall–Kier alpha value is -0.990. The lowest BCUT2D eigenvalue weighted by atomic mass is 10.3. The molecule has 1 saturated heterocycles. The molecule has 0 amide bonds. The molecule has 0 aromatic rings. The van der Waals surface area contributed by atoms with Gasteiger partial charge in [0.15, 0.2) is 0 Å². The molecule has 1 unspecified atom stereocenters. The molecule has 0 aromatic carbocycles. The quantitative estimate of drug-likeness (QED) is 0.337. The molecular weight excluding hydrogens is 156 g/mol. The van der Waals surface area contributed by atoms with Crippen molar-refractivity contribution in [3.05, 3.63) is 0 Å². The molecule has 1 aliphatic rings. The predicted octanol–water partition coefficient (Wildman–Crippen LogP) is -0.0145. The van der Waals surface area contributed by atoms with Gasteiger partial charge in [-0.15, -0.1) is 0 Å². The number of nitrogens with zero attached hydrogens (tertiary/aromatic N) is 2. The van der Waals surface area contributed by atoms with E-state index in [-0.39, 0.29) is 12.6 Å². The standard InChI is InChI=1S/C8H12N2O2/c11-6-8(5-9-7-12)10-3-1-2-4-10/h6,8H,1-5H2. The van der Waals surface area contributed by atoms with Gasteiger partial charge in [-0.25, -0.2) is 9.79 Å². The number of carbonyl (C=O) groups is 1. The molecule has 0 aliphatic carbocycles. The third-order valence-electron chi connectivity index (χ3n) is 2.11. The summed E-state index contributed by atoms with van der Waals surface area (Å²) >= 11 is 0. The molecule has 4 nitrogen and oxygen atoms in total. The number of carbonyl (C=O) groups excluding carboxylic acids is 2. The molecule has 4 heteroatoms. The van der Waals surface area contributed by atoms with E-state index < -0.39 is 0 Å². The molecule has 1 fully saturated rings. The molecular formula is C8H12N2O2. The summed E-state index contributed by atoms with van der Waals surface area (Å²) in [7, 11) is 0. The zero-order valence-corrected chi connectivity index (χ0v) is 6.90. The monoisotopic (exact) mass is 168 g/mol. The minimum Gasteiger partial charge on any atom is -0.302 e. The van der Waals surface area contributed by atoms with Crippen molar-refractivity contribution in [1.29, 1.82) is 0 Å². The first-order chi connectivity index (χ1) is 5.88. The minimum atomic E-state index is -0.214. The summed E-state index contributed by atoms with van der Waals surface area (Å²) < 4.78 is 0. The van der Waals surface area contributed by atoms with E-state index in [0.717, 1.165) is 32.2 Å². The van der Waals surface area contributed by atoms with E-state index in [0.29, 0.717) is 0 Å². The van der Waals surface area contributed by atoms with Crippen LogP contribution in [-0.4, -0.2) is 42.9 Å². The second-order valence-corrected chi connectivity index (χ2v) is 2.88. The lowest BCUT2D eigenvalue weighted by Gasteiger charge is -2.19. The Morgan fingerprint density at radius 3 is 2.67 bits per heavy atom. The van der Waals surface area contributed by atoms with Crippen molar-refractivity contribution in [3.8, 4) is 0 Å². The fourth-order valence-electron chi connectivity index (χ4n) is 1.45. The zero-order chi connectivity index (χ0) is 8.81. The molecule has 0 bridgehead atoms. The number of rotatable bonds is 4. The first-order valence-corrected chi connectivity index (χ1v) is 4.11. The molecule has 1 rings (SSSR count). The molecule has 1 aliphatic heterocycles. The molecule has 0 N–H and O–H groups in total. The summed E-state index contributed by atoms with van der Waals surface area (Å²) in [5.41, 5.74) is 0. The molecule has 1 atom stereocenters. The van der Waals surface area contributed by atoms with Gasteiger partial charge < -0.3 is 4.79 Å². The Kier molecular flexibility index (Phi) is 3.64. The van der Waals surface area contributed by atoms with E-state index in [4.69, 9.17) is 0 Å². The van der Waals surface area contributed by atoms with Crippen LogP contribution in [-0.2, 0) is 9.59 Å². The summed E-state index contributed by atoms with van der Waals surface area (Å²) in [4.78, 5) is 25.8. The summed E-state index contributed by atoms with van der Waals surface area (Å²) in [5, 5.41) is 0. The Morgan fingerprint density at radius 1 is 1.50 bits per heavy atom. The van der Waals surface area contributed by atoms with Crippen LogP contribution in [0.15, 0.2) is 4.99 Å². The fraction of sp³-hybridized carbons (Fsp3) is 0.750. The number of aliphatic imine (C=N–C) groups is 1. The van der Waals surface area contributed by atoms with Crippen molar-refractivity contribution < 1.29 is 9.59 Å². The highest BCUT2D eigenvalue weighted by atomic mass is 16.1. The van der Waals surface area contributed by atoms with Crippen LogP contribution in [0, 0.1) is 0 Å². The third kappa shape index (κ3) is 2.26. The van der Waals surface area contributed by atoms with Crippen molar-refractivity contribution in [2.75, 3.05) is 19.6 Å². The third-order valence-corrected chi connectivity index (χ3v) is 2.11. The minimum absolute atomic E-state index is 0.214. The van der Waals surface area contributed by atoms with Gasteiger partial charge >= 0.3 is 0 Å². The largest absolute Gasteiger partial charge is 0.302 e. The summed E-state index contributed by atoms with van der Waals surface area (Å²) in [5.74, 6) is 0. The maximum atomic E-state index is 10.6. The topological polar surface area (TPSA) is 49.7 Å². The number of likely N-dealkylation sites (tertiary alicyclic amines) is 1. The van der Waals surface area contributed by atoms with Crippen molar-refractivity contribution in [3.63, 3.8) is 0 Å². The summed E-state index contributed by atoms with van der Waals surface area (Å²) in [6, 6.07) is -0.214. The normalized spacial score (nSPS) is 20.0. The smallest absolute Gasteiger partial charge is 0.235 e. The lowest BCUT2D eigenvalue weighted by Crippen LogP contribution is -2.36. The van der Waals surface area contributed by atoms with Crippen molar-refractivity contribution in [2.24, 2.45) is 4.99 Å². The average Bonchev–Trinajstić information content (AvgIpc) is 2.59. The van der Waals surface area contributed by atoms with Gasteiger partial charge in [0.2, 0.25) is 6.08 Å². The van der Waals surface area contributed by atoms with Crippen LogP contribution in [0.2, 0.25) is 0 Å². The Labute approximate surface area is 71.3 Å². The van der Waals surface area contributed by atoms with Crippen molar-refractivity contribution in [1.82, 2.24) is 4.90 Å². The number of hydrogen-bond donors (Lipinski definition) is 0. The van der Waals surface area contributed by atoms with Crippen LogP contribution in [0.5, 0.6) is 0 Å². The van der Waals surface area contributed by atoms with E-state index in [1.54, 1.807) is 0 Å². The van der Waals surface area contributed by atoms with Gasteiger partial charge in [-0.3, -0.25) is 4.90 Å². The summed E-state index contributed by atoms with van der Waals surface area (Å²) in [6.07, 6.45) is 4.57. The number of hydrogen-bond acceptors (Lipinski definition) is 4. The fourth-order valence-corrected chi connectivity index (χ4v) is 1.45. The van der Waals surface area contributed by atoms with Gasteiger partial charge in [-0.1, -0.05) is 0 Å². The Balaban J connectivity index is 2.42. The number of isocyanates is 1. The van der Waals surface area contributed by atoms with Gasteiger partial charge in [0.1, 0.15) is 6.29 Å². The number of aldehydes is 1.